The molecule has 0 radical (unpaired) electrons. The summed E-state index contributed by atoms with van der Waals surface area (Å²) in [4.78, 5) is 11.5. The summed E-state index contributed by atoms with van der Waals surface area (Å²) >= 11 is 15.2. The largest absolute Gasteiger partial charge is 0.323 e. The molecule has 0 spiro atoms. The number of rotatable bonds is 2. The quantitative estimate of drug-likeness (QED) is 0.864. The van der Waals surface area contributed by atoms with Crippen molar-refractivity contribution in [2.75, 3.05) is 5.32 Å². The standard InChI is InChI=1S/C10H10BrCl2NO/c1-5(2)10(15)14-9-7(12)3-6(11)4-8(9)13/h3-5H,1-2H3,(H,14,15). The van der Waals surface area contributed by atoms with Gasteiger partial charge in [-0.2, -0.15) is 0 Å². The predicted molar refractivity (Wildman–Crippen MR) is 67.6 cm³/mol. The number of nitrogens with one attached hydrogen (secondary N) is 1. The van der Waals surface area contributed by atoms with Crippen LogP contribution in [-0.4, -0.2) is 5.91 Å². The summed E-state index contributed by atoms with van der Waals surface area (Å²) in [5.41, 5.74) is 0.459. The van der Waals surface area contributed by atoms with Crippen LogP contribution in [0.25, 0.3) is 0 Å². The van der Waals surface area contributed by atoms with Crippen molar-refractivity contribution in [3.05, 3.63) is 26.7 Å². The second kappa shape index (κ2) is 5.19. The first-order valence-electron chi connectivity index (χ1n) is 4.37. The third kappa shape index (κ3) is 3.37. The van der Waals surface area contributed by atoms with Gasteiger partial charge in [-0.3, -0.25) is 4.79 Å². The van der Waals surface area contributed by atoms with E-state index in [1.165, 1.54) is 0 Å². The lowest BCUT2D eigenvalue weighted by molar-refractivity contribution is -0.118. The van der Waals surface area contributed by atoms with E-state index >= 15 is 0 Å². The molecule has 1 aromatic rings. The summed E-state index contributed by atoms with van der Waals surface area (Å²) in [6, 6.07) is 3.37. The molecule has 0 saturated heterocycles. The van der Waals surface area contributed by atoms with Gasteiger partial charge >= 0.3 is 0 Å². The number of benzene rings is 1. The van der Waals surface area contributed by atoms with Crippen LogP contribution in [0.2, 0.25) is 10.0 Å². The molecule has 0 aliphatic heterocycles. The Morgan fingerprint density at radius 2 is 1.80 bits per heavy atom. The van der Waals surface area contributed by atoms with Gasteiger partial charge in [-0.15, -0.1) is 0 Å². The number of hydrogen-bond acceptors (Lipinski definition) is 1. The van der Waals surface area contributed by atoms with E-state index < -0.39 is 0 Å². The maximum Gasteiger partial charge on any atom is 0.227 e. The van der Waals surface area contributed by atoms with Crippen LogP contribution in [0.15, 0.2) is 16.6 Å². The number of hydrogen-bond donors (Lipinski definition) is 1. The Morgan fingerprint density at radius 3 is 2.20 bits per heavy atom. The molecule has 1 amide bonds. The Balaban J connectivity index is 3.00. The second-order valence-electron chi connectivity index (χ2n) is 3.39. The van der Waals surface area contributed by atoms with Gasteiger partial charge in [0.1, 0.15) is 0 Å². The SMILES string of the molecule is CC(C)C(=O)Nc1c(Cl)cc(Br)cc1Cl. The molecule has 0 unspecified atom stereocenters. The summed E-state index contributed by atoms with van der Waals surface area (Å²) in [6.07, 6.45) is 0. The summed E-state index contributed by atoms with van der Waals surface area (Å²) in [5, 5.41) is 3.52. The van der Waals surface area contributed by atoms with Gasteiger partial charge in [-0.25, -0.2) is 0 Å². The summed E-state index contributed by atoms with van der Waals surface area (Å²) in [7, 11) is 0. The molecule has 0 aromatic heterocycles. The van der Waals surface area contributed by atoms with E-state index in [4.69, 9.17) is 23.2 Å². The van der Waals surface area contributed by atoms with Crippen molar-refractivity contribution in [2.24, 2.45) is 5.92 Å². The van der Waals surface area contributed by atoms with Gasteiger partial charge in [-0.05, 0) is 12.1 Å². The van der Waals surface area contributed by atoms with Gasteiger partial charge in [-0.1, -0.05) is 53.0 Å². The fourth-order valence-electron chi connectivity index (χ4n) is 0.929. The molecular weight excluding hydrogens is 301 g/mol. The van der Waals surface area contributed by atoms with Crippen LogP contribution < -0.4 is 5.32 Å². The lowest BCUT2D eigenvalue weighted by atomic mass is 10.2. The van der Waals surface area contributed by atoms with Gasteiger partial charge < -0.3 is 5.32 Å². The highest BCUT2D eigenvalue weighted by Crippen LogP contribution is 2.33. The van der Waals surface area contributed by atoms with Crippen molar-refractivity contribution in [2.45, 2.75) is 13.8 Å². The number of carbonyl (C=O) groups is 1. The zero-order chi connectivity index (χ0) is 11.6. The average Bonchev–Trinajstić information content (AvgIpc) is 2.10. The molecule has 15 heavy (non-hydrogen) atoms. The topological polar surface area (TPSA) is 29.1 Å². The van der Waals surface area contributed by atoms with Crippen LogP contribution in [0.5, 0.6) is 0 Å². The van der Waals surface area contributed by atoms with Gasteiger partial charge in [0.25, 0.3) is 0 Å². The van der Waals surface area contributed by atoms with E-state index in [2.05, 4.69) is 21.2 Å². The van der Waals surface area contributed by atoms with Gasteiger partial charge in [0.05, 0.1) is 15.7 Å². The number of halogens is 3. The first-order chi connectivity index (χ1) is 6.91. The van der Waals surface area contributed by atoms with Crippen molar-refractivity contribution < 1.29 is 4.79 Å². The van der Waals surface area contributed by atoms with Crippen molar-refractivity contribution in [1.29, 1.82) is 0 Å². The maximum absolute atomic E-state index is 11.5. The molecule has 0 aliphatic rings. The second-order valence-corrected chi connectivity index (χ2v) is 5.12. The Bertz CT molecular complexity index is 370. The Hall–Kier alpha value is -0.250. The Morgan fingerprint density at radius 1 is 1.33 bits per heavy atom. The highest BCUT2D eigenvalue weighted by molar-refractivity contribution is 9.10. The van der Waals surface area contributed by atoms with Crippen LogP contribution >= 0.6 is 39.1 Å². The molecular formula is C10H10BrCl2NO. The Kier molecular flexibility index (Phi) is 4.44. The molecule has 5 heteroatoms. The number of anilines is 1. The van der Waals surface area contributed by atoms with Crippen molar-refractivity contribution in [3.63, 3.8) is 0 Å². The molecule has 0 saturated carbocycles. The maximum atomic E-state index is 11.5. The third-order valence-corrected chi connectivity index (χ3v) is 2.83. The third-order valence-electron chi connectivity index (χ3n) is 1.78. The zero-order valence-corrected chi connectivity index (χ0v) is 11.4. The molecule has 1 rings (SSSR count). The summed E-state index contributed by atoms with van der Waals surface area (Å²) < 4.78 is 0.778. The molecule has 0 aliphatic carbocycles. The minimum absolute atomic E-state index is 0.110. The lowest BCUT2D eigenvalue weighted by Crippen LogP contribution is -2.18. The molecule has 0 bridgehead atoms. The molecule has 82 valence electrons. The molecule has 0 fully saturated rings. The molecule has 1 aromatic carbocycles. The lowest BCUT2D eigenvalue weighted by Gasteiger charge is -2.11. The fraction of sp³-hybridized carbons (Fsp3) is 0.300. The highest BCUT2D eigenvalue weighted by atomic mass is 79.9. The molecule has 2 nitrogen and oxygen atoms in total. The van der Waals surface area contributed by atoms with E-state index in [-0.39, 0.29) is 11.8 Å². The van der Waals surface area contributed by atoms with Crippen LogP contribution in [0.3, 0.4) is 0 Å². The van der Waals surface area contributed by atoms with Crippen molar-refractivity contribution in [3.8, 4) is 0 Å². The van der Waals surface area contributed by atoms with E-state index in [0.717, 1.165) is 4.47 Å². The van der Waals surface area contributed by atoms with Crippen LogP contribution in [0.4, 0.5) is 5.69 Å². The van der Waals surface area contributed by atoms with Crippen molar-refractivity contribution in [1.82, 2.24) is 0 Å². The molecule has 0 atom stereocenters. The minimum Gasteiger partial charge on any atom is -0.323 e. The van der Waals surface area contributed by atoms with Crippen LogP contribution in [0, 0.1) is 5.92 Å². The van der Waals surface area contributed by atoms with E-state index in [0.29, 0.717) is 15.7 Å². The van der Waals surface area contributed by atoms with E-state index in [9.17, 15) is 4.79 Å². The number of amides is 1. The van der Waals surface area contributed by atoms with Crippen LogP contribution in [-0.2, 0) is 4.79 Å². The normalized spacial score (nSPS) is 10.5. The van der Waals surface area contributed by atoms with Crippen molar-refractivity contribution >= 4 is 50.7 Å². The first-order valence-corrected chi connectivity index (χ1v) is 5.92. The summed E-state index contributed by atoms with van der Waals surface area (Å²) in [6.45, 7) is 3.60. The van der Waals surface area contributed by atoms with E-state index in [1.807, 2.05) is 0 Å². The smallest absolute Gasteiger partial charge is 0.227 e. The monoisotopic (exact) mass is 309 g/mol. The molecule has 0 heterocycles. The zero-order valence-electron chi connectivity index (χ0n) is 8.27. The van der Waals surface area contributed by atoms with Gasteiger partial charge in [0, 0.05) is 10.4 Å². The van der Waals surface area contributed by atoms with Crippen LogP contribution in [0.1, 0.15) is 13.8 Å². The average molecular weight is 311 g/mol. The molecule has 1 N–H and O–H groups in total. The summed E-state index contributed by atoms with van der Waals surface area (Å²) in [5.74, 6) is -0.220. The minimum atomic E-state index is -0.110. The van der Waals surface area contributed by atoms with Gasteiger partial charge in [0.2, 0.25) is 5.91 Å². The number of carbonyl (C=O) groups excluding carboxylic acids is 1. The first kappa shape index (κ1) is 12.8. The Labute approximate surface area is 107 Å². The van der Waals surface area contributed by atoms with E-state index in [1.54, 1.807) is 26.0 Å². The fourth-order valence-corrected chi connectivity index (χ4v) is 2.23. The van der Waals surface area contributed by atoms with Gasteiger partial charge in [0.15, 0.2) is 0 Å². The highest BCUT2D eigenvalue weighted by Gasteiger charge is 2.13. The predicted octanol–water partition coefficient (Wildman–Crippen LogP) is 4.35.